The molecule has 0 aliphatic heterocycles. The standard InChI is InChI=1S/C9H11BrN2O/c1-12-5-11-7(4-6-2-3-6)8(10)9(12)13/h5-6H,2-4H2,1H3. The first kappa shape index (κ1) is 8.94. The molecule has 1 aromatic rings. The quantitative estimate of drug-likeness (QED) is 0.788. The van der Waals surface area contributed by atoms with Gasteiger partial charge in [0.2, 0.25) is 0 Å². The van der Waals surface area contributed by atoms with Gasteiger partial charge in [0.15, 0.2) is 0 Å². The Morgan fingerprint density at radius 3 is 3.00 bits per heavy atom. The highest BCUT2D eigenvalue weighted by atomic mass is 79.9. The molecular weight excluding hydrogens is 232 g/mol. The summed E-state index contributed by atoms with van der Waals surface area (Å²) in [6.07, 6.45) is 5.09. The van der Waals surface area contributed by atoms with Crippen molar-refractivity contribution in [1.82, 2.24) is 9.55 Å². The topological polar surface area (TPSA) is 34.9 Å². The van der Waals surface area contributed by atoms with Crippen LogP contribution in [0.2, 0.25) is 0 Å². The van der Waals surface area contributed by atoms with E-state index in [4.69, 9.17) is 0 Å². The lowest BCUT2D eigenvalue weighted by Crippen LogP contribution is -2.19. The zero-order valence-corrected chi connectivity index (χ0v) is 9.04. The molecular formula is C9H11BrN2O. The Kier molecular flexibility index (Phi) is 2.24. The molecule has 1 aromatic heterocycles. The molecule has 0 amide bonds. The van der Waals surface area contributed by atoms with E-state index in [1.807, 2.05) is 0 Å². The van der Waals surface area contributed by atoms with E-state index < -0.39 is 0 Å². The first-order valence-electron chi connectivity index (χ1n) is 4.38. The van der Waals surface area contributed by atoms with Crippen molar-refractivity contribution in [1.29, 1.82) is 0 Å². The van der Waals surface area contributed by atoms with Crippen LogP contribution in [-0.2, 0) is 13.5 Å². The van der Waals surface area contributed by atoms with Crippen molar-refractivity contribution < 1.29 is 0 Å². The second-order valence-corrected chi connectivity index (χ2v) is 4.36. The van der Waals surface area contributed by atoms with E-state index in [9.17, 15) is 4.79 Å². The van der Waals surface area contributed by atoms with E-state index in [0.29, 0.717) is 4.47 Å². The second kappa shape index (κ2) is 3.25. The lowest BCUT2D eigenvalue weighted by atomic mass is 10.2. The van der Waals surface area contributed by atoms with Crippen molar-refractivity contribution in [2.24, 2.45) is 13.0 Å². The normalized spacial score (nSPS) is 16.2. The molecule has 1 saturated carbocycles. The van der Waals surface area contributed by atoms with Crippen molar-refractivity contribution in [2.45, 2.75) is 19.3 Å². The van der Waals surface area contributed by atoms with Crippen LogP contribution in [0.3, 0.4) is 0 Å². The van der Waals surface area contributed by atoms with Crippen LogP contribution in [0, 0.1) is 5.92 Å². The summed E-state index contributed by atoms with van der Waals surface area (Å²) in [4.78, 5) is 15.7. The minimum Gasteiger partial charge on any atom is -0.301 e. The van der Waals surface area contributed by atoms with Gasteiger partial charge in [-0.3, -0.25) is 4.79 Å². The Balaban J connectivity index is 2.34. The molecule has 0 atom stereocenters. The summed E-state index contributed by atoms with van der Waals surface area (Å²) in [6.45, 7) is 0. The van der Waals surface area contributed by atoms with E-state index in [1.54, 1.807) is 13.4 Å². The van der Waals surface area contributed by atoms with Gasteiger partial charge in [-0.2, -0.15) is 0 Å². The van der Waals surface area contributed by atoms with Crippen LogP contribution in [0.25, 0.3) is 0 Å². The molecule has 0 radical (unpaired) electrons. The van der Waals surface area contributed by atoms with E-state index in [2.05, 4.69) is 20.9 Å². The molecule has 1 aliphatic rings. The molecule has 70 valence electrons. The number of rotatable bonds is 2. The van der Waals surface area contributed by atoms with E-state index >= 15 is 0 Å². The number of hydrogen-bond acceptors (Lipinski definition) is 2. The highest BCUT2D eigenvalue weighted by molar-refractivity contribution is 9.10. The average molecular weight is 243 g/mol. The molecule has 13 heavy (non-hydrogen) atoms. The fourth-order valence-electron chi connectivity index (χ4n) is 1.28. The van der Waals surface area contributed by atoms with Crippen LogP contribution in [0.15, 0.2) is 15.6 Å². The summed E-state index contributed by atoms with van der Waals surface area (Å²) >= 11 is 3.29. The van der Waals surface area contributed by atoms with Gasteiger partial charge in [0.05, 0.1) is 12.0 Å². The molecule has 0 N–H and O–H groups in total. The molecule has 1 heterocycles. The zero-order valence-electron chi connectivity index (χ0n) is 7.46. The monoisotopic (exact) mass is 242 g/mol. The highest BCUT2D eigenvalue weighted by Crippen LogP contribution is 2.33. The van der Waals surface area contributed by atoms with Crippen molar-refractivity contribution >= 4 is 15.9 Å². The van der Waals surface area contributed by atoms with Crippen LogP contribution in [0.5, 0.6) is 0 Å². The highest BCUT2D eigenvalue weighted by Gasteiger charge is 2.23. The summed E-state index contributed by atoms with van der Waals surface area (Å²) in [7, 11) is 1.71. The molecule has 0 saturated heterocycles. The molecule has 3 nitrogen and oxygen atoms in total. The summed E-state index contributed by atoms with van der Waals surface area (Å²) in [5.41, 5.74) is 0.913. The van der Waals surface area contributed by atoms with Gasteiger partial charge in [0.25, 0.3) is 5.56 Å². The average Bonchev–Trinajstić information content (AvgIpc) is 2.90. The van der Waals surface area contributed by atoms with Gasteiger partial charge in [-0.05, 0) is 41.1 Å². The maximum atomic E-state index is 11.5. The lowest BCUT2D eigenvalue weighted by Gasteiger charge is -2.03. The van der Waals surface area contributed by atoms with Crippen LogP contribution in [0.1, 0.15) is 18.5 Å². The lowest BCUT2D eigenvalue weighted by molar-refractivity contribution is 0.746. The van der Waals surface area contributed by atoms with Gasteiger partial charge in [-0.25, -0.2) is 4.98 Å². The Morgan fingerprint density at radius 1 is 1.69 bits per heavy atom. The molecule has 0 unspecified atom stereocenters. The predicted molar refractivity (Wildman–Crippen MR) is 53.6 cm³/mol. The van der Waals surface area contributed by atoms with Gasteiger partial charge in [-0.15, -0.1) is 0 Å². The Hall–Kier alpha value is -0.640. The number of aromatic nitrogens is 2. The first-order valence-corrected chi connectivity index (χ1v) is 5.18. The van der Waals surface area contributed by atoms with Crippen molar-refractivity contribution in [3.8, 4) is 0 Å². The fraction of sp³-hybridized carbons (Fsp3) is 0.556. The van der Waals surface area contributed by atoms with Crippen molar-refractivity contribution in [3.05, 3.63) is 26.8 Å². The SMILES string of the molecule is Cn1cnc(CC2CC2)c(Br)c1=O. The Bertz CT molecular complexity index is 382. The zero-order chi connectivity index (χ0) is 9.42. The smallest absolute Gasteiger partial charge is 0.267 e. The summed E-state index contributed by atoms with van der Waals surface area (Å²) in [6, 6.07) is 0. The first-order chi connectivity index (χ1) is 6.18. The van der Waals surface area contributed by atoms with Gasteiger partial charge < -0.3 is 4.57 Å². The van der Waals surface area contributed by atoms with Crippen molar-refractivity contribution in [3.63, 3.8) is 0 Å². The number of nitrogens with zero attached hydrogens (tertiary/aromatic N) is 2. The minimum atomic E-state index is 0.00523. The second-order valence-electron chi connectivity index (χ2n) is 3.57. The third kappa shape index (κ3) is 1.82. The van der Waals surface area contributed by atoms with Crippen LogP contribution in [-0.4, -0.2) is 9.55 Å². The molecule has 2 rings (SSSR count). The Labute approximate surface area is 84.9 Å². The molecule has 1 aliphatic carbocycles. The fourth-order valence-corrected chi connectivity index (χ4v) is 1.83. The van der Waals surface area contributed by atoms with Crippen LogP contribution < -0.4 is 5.56 Å². The number of hydrogen-bond donors (Lipinski definition) is 0. The van der Waals surface area contributed by atoms with Gasteiger partial charge in [-0.1, -0.05) is 0 Å². The molecule has 0 spiro atoms. The third-order valence-corrected chi connectivity index (χ3v) is 3.12. The molecule has 4 heteroatoms. The summed E-state index contributed by atoms with van der Waals surface area (Å²) < 4.78 is 2.12. The summed E-state index contributed by atoms with van der Waals surface area (Å²) in [5, 5.41) is 0. The third-order valence-electron chi connectivity index (χ3n) is 2.33. The largest absolute Gasteiger partial charge is 0.301 e. The van der Waals surface area contributed by atoms with Gasteiger partial charge in [0, 0.05) is 7.05 Å². The Morgan fingerprint density at radius 2 is 2.38 bits per heavy atom. The molecule has 1 fully saturated rings. The van der Waals surface area contributed by atoms with E-state index in [-0.39, 0.29) is 5.56 Å². The number of halogens is 1. The van der Waals surface area contributed by atoms with Crippen LogP contribution in [0.4, 0.5) is 0 Å². The maximum absolute atomic E-state index is 11.5. The predicted octanol–water partition coefficient (Wildman–Crippen LogP) is 1.50. The van der Waals surface area contributed by atoms with Gasteiger partial charge >= 0.3 is 0 Å². The molecule has 0 aromatic carbocycles. The van der Waals surface area contributed by atoms with Crippen LogP contribution >= 0.6 is 15.9 Å². The van der Waals surface area contributed by atoms with Gasteiger partial charge in [0.1, 0.15) is 4.47 Å². The van der Waals surface area contributed by atoms with E-state index in [1.165, 1.54) is 17.4 Å². The maximum Gasteiger partial charge on any atom is 0.267 e. The molecule has 0 bridgehead atoms. The van der Waals surface area contributed by atoms with E-state index in [0.717, 1.165) is 18.0 Å². The number of aryl methyl sites for hydroxylation is 1. The minimum absolute atomic E-state index is 0.00523. The van der Waals surface area contributed by atoms with Crippen molar-refractivity contribution in [2.75, 3.05) is 0 Å². The summed E-state index contributed by atoms with van der Waals surface area (Å²) in [5.74, 6) is 0.760.